The largest absolute Gasteiger partial charge is 0.497 e. The number of nitrogens with two attached hydrogens (primary N) is 1. The van der Waals surface area contributed by atoms with Crippen LogP contribution in [-0.2, 0) is 0 Å². The summed E-state index contributed by atoms with van der Waals surface area (Å²) in [7, 11) is 1.55. The molecule has 2 aromatic rings. The molecule has 134 valence electrons. The molecule has 1 heterocycles. The van der Waals surface area contributed by atoms with Crippen LogP contribution in [0.25, 0.3) is 0 Å². The van der Waals surface area contributed by atoms with Crippen LogP contribution < -0.4 is 15.8 Å². The molecule has 0 saturated heterocycles. The van der Waals surface area contributed by atoms with Crippen LogP contribution in [0.5, 0.6) is 5.75 Å². The molecular formula is C18H16Cl2N4O2. The van der Waals surface area contributed by atoms with E-state index in [1.54, 1.807) is 31.4 Å². The van der Waals surface area contributed by atoms with Crippen LogP contribution in [0.4, 0.5) is 0 Å². The predicted octanol–water partition coefficient (Wildman–Crippen LogP) is 2.74. The van der Waals surface area contributed by atoms with Crippen molar-refractivity contribution in [2.75, 3.05) is 7.11 Å². The lowest BCUT2D eigenvalue weighted by Crippen LogP contribution is -2.59. The fourth-order valence-corrected chi connectivity index (χ4v) is 2.89. The first-order valence-corrected chi connectivity index (χ1v) is 8.58. The Balaban J connectivity index is 1.92. The highest BCUT2D eigenvalue weighted by Crippen LogP contribution is 2.29. The molecule has 3 N–H and O–H groups in total. The molecule has 0 spiro atoms. The van der Waals surface area contributed by atoms with E-state index in [4.69, 9.17) is 33.7 Å². The quantitative estimate of drug-likeness (QED) is 0.769. The van der Waals surface area contributed by atoms with Gasteiger partial charge in [0, 0.05) is 11.1 Å². The van der Waals surface area contributed by atoms with Crippen LogP contribution in [0.3, 0.4) is 0 Å². The molecule has 1 unspecified atom stereocenters. The van der Waals surface area contributed by atoms with Crippen LogP contribution >= 0.6 is 23.2 Å². The molecule has 0 fully saturated rings. The Hall–Kier alpha value is -2.57. The van der Waals surface area contributed by atoms with E-state index in [9.17, 15) is 4.79 Å². The van der Waals surface area contributed by atoms with Crippen molar-refractivity contribution < 1.29 is 9.53 Å². The van der Waals surface area contributed by atoms with Gasteiger partial charge in [0.15, 0.2) is 16.5 Å². The topological polar surface area (TPSA) is 89.1 Å². The fourth-order valence-electron chi connectivity index (χ4n) is 2.46. The van der Waals surface area contributed by atoms with E-state index in [1.165, 1.54) is 0 Å². The third-order valence-electron chi connectivity index (χ3n) is 3.90. The lowest BCUT2D eigenvalue weighted by Gasteiger charge is -2.28. The van der Waals surface area contributed by atoms with Gasteiger partial charge in [-0.3, -0.25) is 4.79 Å². The number of carbonyl (C=O) groups excluding carboxylic acids is 1. The molecular weight excluding hydrogens is 375 g/mol. The van der Waals surface area contributed by atoms with Gasteiger partial charge in [-0.05, 0) is 24.3 Å². The van der Waals surface area contributed by atoms with Gasteiger partial charge in [-0.15, -0.1) is 0 Å². The Morgan fingerprint density at radius 3 is 2.38 bits per heavy atom. The number of alkyl halides is 2. The van der Waals surface area contributed by atoms with Gasteiger partial charge in [-0.2, -0.15) is 0 Å². The molecule has 0 saturated carbocycles. The van der Waals surface area contributed by atoms with E-state index in [-0.39, 0.29) is 5.84 Å². The summed E-state index contributed by atoms with van der Waals surface area (Å²) < 4.78 is 5.09. The molecule has 8 heteroatoms. The van der Waals surface area contributed by atoms with Crippen molar-refractivity contribution >= 4 is 40.8 Å². The third-order valence-corrected chi connectivity index (χ3v) is 4.53. The molecule has 1 atom stereocenters. The van der Waals surface area contributed by atoms with E-state index < -0.39 is 16.4 Å². The molecule has 6 nitrogen and oxygen atoms in total. The van der Waals surface area contributed by atoms with Gasteiger partial charge in [-0.25, -0.2) is 9.98 Å². The van der Waals surface area contributed by atoms with Crippen LogP contribution in [0.1, 0.15) is 15.9 Å². The maximum atomic E-state index is 12.6. The highest BCUT2D eigenvalue weighted by atomic mass is 35.5. The number of benzene rings is 2. The number of hydrogen-bond donors (Lipinski definition) is 2. The van der Waals surface area contributed by atoms with E-state index >= 15 is 0 Å². The average molecular weight is 391 g/mol. The summed E-state index contributed by atoms with van der Waals surface area (Å²) in [6.07, 6.45) is 0. The van der Waals surface area contributed by atoms with E-state index in [0.717, 1.165) is 5.56 Å². The van der Waals surface area contributed by atoms with E-state index in [0.29, 0.717) is 17.1 Å². The van der Waals surface area contributed by atoms with Gasteiger partial charge in [0.1, 0.15) is 5.75 Å². The zero-order chi connectivity index (χ0) is 18.7. The molecule has 1 aliphatic heterocycles. The smallest absolute Gasteiger partial charge is 0.253 e. The van der Waals surface area contributed by atoms with Crippen LogP contribution in [0.15, 0.2) is 64.6 Å². The maximum absolute atomic E-state index is 12.6. The fraction of sp³-hybridized carbons (Fsp3) is 0.167. The molecule has 3 rings (SSSR count). The lowest BCUT2D eigenvalue weighted by molar-refractivity contribution is 0.0928. The van der Waals surface area contributed by atoms with Crippen molar-refractivity contribution in [3.63, 3.8) is 0 Å². The van der Waals surface area contributed by atoms with Crippen molar-refractivity contribution in [2.45, 2.75) is 10.5 Å². The maximum Gasteiger partial charge on any atom is 0.253 e. The summed E-state index contributed by atoms with van der Waals surface area (Å²) in [5, 5.41) is 2.71. The van der Waals surface area contributed by atoms with Gasteiger partial charge >= 0.3 is 0 Å². The minimum Gasteiger partial charge on any atom is -0.497 e. The Kier molecular flexibility index (Phi) is 5.15. The van der Waals surface area contributed by atoms with Crippen LogP contribution in [0.2, 0.25) is 0 Å². The highest BCUT2D eigenvalue weighted by molar-refractivity contribution is 6.47. The normalized spacial score (nSPS) is 19.1. The van der Waals surface area contributed by atoms with Crippen molar-refractivity contribution in [1.29, 1.82) is 0 Å². The SMILES string of the molecule is COc1ccc(C(=O)NC2(C(Cl)Cl)N=C(c3ccccc3)N=C2N)cc1. The second kappa shape index (κ2) is 7.35. The minimum atomic E-state index is -1.54. The zero-order valence-corrected chi connectivity index (χ0v) is 15.3. The summed E-state index contributed by atoms with van der Waals surface area (Å²) in [5.74, 6) is 0.572. The molecule has 26 heavy (non-hydrogen) atoms. The van der Waals surface area contributed by atoms with Crippen molar-refractivity contribution in [3.8, 4) is 5.75 Å². The van der Waals surface area contributed by atoms with E-state index in [1.807, 2.05) is 30.3 Å². The number of hydrogen-bond acceptors (Lipinski definition) is 5. The Labute approximate surface area is 160 Å². The number of halogens is 2. The van der Waals surface area contributed by atoms with Crippen molar-refractivity contribution in [2.24, 2.45) is 15.7 Å². The number of ether oxygens (including phenoxy) is 1. The summed E-state index contributed by atoms with van der Waals surface area (Å²) in [6.45, 7) is 0. The highest BCUT2D eigenvalue weighted by Gasteiger charge is 2.46. The number of amides is 1. The molecule has 0 bridgehead atoms. The number of amidine groups is 2. The van der Waals surface area contributed by atoms with Gasteiger partial charge in [-0.1, -0.05) is 53.5 Å². The number of rotatable bonds is 5. The minimum absolute atomic E-state index is 0.0215. The van der Waals surface area contributed by atoms with Crippen LogP contribution in [-0.4, -0.2) is 35.2 Å². The van der Waals surface area contributed by atoms with Crippen molar-refractivity contribution in [1.82, 2.24) is 5.32 Å². The number of nitrogens with zero attached hydrogens (tertiary/aromatic N) is 2. The van der Waals surface area contributed by atoms with Gasteiger partial charge < -0.3 is 15.8 Å². The monoisotopic (exact) mass is 390 g/mol. The van der Waals surface area contributed by atoms with Crippen molar-refractivity contribution in [3.05, 3.63) is 65.7 Å². The predicted molar refractivity (Wildman–Crippen MR) is 103 cm³/mol. The Bertz CT molecular complexity index is 867. The number of methoxy groups -OCH3 is 1. The number of carbonyl (C=O) groups is 1. The standard InChI is InChI=1S/C18H16Cl2N4O2/c1-26-13-9-7-12(8-10-13)15(25)24-18(16(19)20)17(21)22-14(23-18)11-5-3-2-4-6-11/h2-10,16H,1H3,(H,24,25)(H2,21,22,23). The summed E-state index contributed by atoms with van der Waals surface area (Å²) in [5.41, 5.74) is 5.64. The molecule has 2 aromatic carbocycles. The molecule has 0 radical (unpaired) electrons. The molecule has 1 aliphatic rings. The van der Waals surface area contributed by atoms with Gasteiger partial charge in [0.25, 0.3) is 5.91 Å². The number of nitrogens with one attached hydrogen (secondary N) is 1. The second-order valence-corrected chi connectivity index (χ2v) is 6.64. The first-order chi connectivity index (χ1) is 12.5. The zero-order valence-electron chi connectivity index (χ0n) is 13.8. The Morgan fingerprint density at radius 2 is 1.81 bits per heavy atom. The molecule has 1 amide bonds. The second-order valence-electron chi connectivity index (χ2n) is 5.55. The van der Waals surface area contributed by atoms with Crippen LogP contribution in [0, 0.1) is 0 Å². The first kappa shape index (κ1) is 18.2. The third kappa shape index (κ3) is 3.38. The number of aliphatic imine (C=N–C) groups is 2. The summed E-state index contributed by atoms with van der Waals surface area (Å²) in [4.78, 5) is 20.2. The van der Waals surface area contributed by atoms with E-state index in [2.05, 4.69) is 15.3 Å². The molecule has 0 aliphatic carbocycles. The lowest BCUT2D eigenvalue weighted by atomic mass is 10.1. The van der Waals surface area contributed by atoms with Gasteiger partial charge in [0.2, 0.25) is 5.66 Å². The Morgan fingerprint density at radius 1 is 1.15 bits per heavy atom. The first-order valence-electron chi connectivity index (χ1n) is 7.71. The summed E-state index contributed by atoms with van der Waals surface area (Å²) >= 11 is 12.3. The molecule has 0 aromatic heterocycles. The average Bonchev–Trinajstić information content (AvgIpc) is 3.00. The van der Waals surface area contributed by atoms with Gasteiger partial charge in [0.05, 0.1) is 7.11 Å². The summed E-state index contributed by atoms with van der Waals surface area (Å²) in [6, 6.07) is 15.8.